The summed E-state index contributed by atoms with van der Waals surface area (Å²) in [6, 6.07) is 0. The number of unbranched alkanes of at least 4 members (excludes halogenated alkanes) is 28. The third kappa shape index (κ3) is 34.9. The summed E-state index contributed by atoms with van der Waals surface area (Å²) in [4.78, 5) is 26.0. The molecule has 0 unspecified atom stereocenters. The van der Waals surface area contributed by atoms with Crippen LogP contribution < -0.4 is 5.73 Å². The Morgan fingerprint density at radius 3 is 0.957 bits per heavy atom. The molecule has 0 rings (SSSR count). The van der Waals surface area contributed by atoms with Gasteiger partial charge in [-0.1, -0.05) is 194 Å². The molecular formula is C41H82ClNO3. The lowest BCUT2D eigenvalue weighted by Gasteiger charge is -2.15. The molecule has 0 amide bonds. The molecule has 4 nitrogen and oxygen atoms in total. The molecule has 46 heavy (non-hydrogen) atoms. The monoisotopic (exact) mass is 672 g/mol. The van der Waals surface area contributed by atoms with E-state index in [1.807, 2.05) is 0 Å². The van der Waals surface area contributed by atoms with Gasteiger partial charge < -0.3 is 10.5 Å². The van der Waals surface area contributed by atoms with Crippen LogP contribution in [0.3, 0.4) is 0 Å². The van der Waals surface area contributed by atoms with Gasteiger partial charge >= 0.3 is 0 Å². The number of carbonyl (C=O) groups is 2. The molecule has 0 aromatic carbocycles. The molecule has 0 saturated heterocycles. The highest BCUT2D eigenvalue weighted by Crippen LogP contribution is 2.18. The Kier molecular flexibility index (Phi) is 42.2. The molecule has 0 aliphatic heterocycles. The van der Waals surface area contributed by atoms with Crippen LogP contribution >= 0.6 is 12.4 Å². The topological polar surface area (TPSA) is 69.4 Å². The van der Waals surface area contributed by atoms with Gasteiger partial charge in [0, 0.05) is 19.4 Å². The molecule has 0 fully saturated rings. The Morgan fingerprint density at radius 2 is 0.696 bits per heavy atom. The van der Waals surface area contributed by atoms with Crippen molar-refractivity contribution in [3.8, 4) is 0 Å². The average molecular weight is 673 g/mol. The maximum absolute atomic E-state index is 13.0. The molecule has 5 heteroatoms. The number of hydrogen-bond acceptors (Lipinski definition) is 4. The maximum atomic E-state index is 13.0. The van der Waals surface area contributed by atoms with E-state index in [1.54, 1.807) is 0 Å². The fourth-order valence-electron chi connectivity index (χ4n) is 6.44. The molecule has 0 saturated carbocycles. The number of nitrogens with two attached hydrogens (primary N) is 1. The fraction of sp³-hybridized carbons (Fsp3) is 0.951. The number of ketones is 2. The van der Waals surface area contributed by atoms with Gasteiger partial charge in [-0.05, 0) is 25.8 Å². The van der Waals surface area contributed by atoms with Crippen molar-refractivity contribution in [2.75, 3.05) is 19.8 Å². The van der Waals surface area contributed by atoms with Crippen molar-refractivity contribution in [1.82, 2.24) is 0 Å². The van der Waals surface area contributed by atoms with E-state index in [4.69, 9.17) is 10.5 Å². The molecule has 0 spiro atoms. The number of rotatable bonds is 39. The highest BCUT2D eigenvalue weighted by Gasteiger charge is 2.25. The standard InChI is InChI=1S/C41H81NO3.ClH/c1-3-5-7-9-11-13-15-17-19-21-23-25-27-29-31-34-40(43)39(38-45-37-33-36-42)41(44)35-32-30-28-26-24-22-20-18-16-14-12-10-8-6-4-2;/h39H,3-38,42H2,1-2H3;1H. The van der Waals surface area contributed by atoms with Gasteiger partial charge in [0.2, 0.25) is 0 Å². The van der Waals surface area contributed by atoms with E-state index >= 15 is 0 Å². The van der Waals surface area contributed by atoms with Gasteiger partial charge in [0.1, 0.15) is 11.6 Å². The molecule has 276 valence electrons. The van der Waals surface area contributed by atoms with E-state index in [0.29, 0.717) is 26.0 Å². The molecular weight excluding hydrogens is 590 g/mol. The summed E-state index contributed by atoms with van der Waals surface area (Å²) in [7, 11) is 0. The summed E-state index contributed by atoms with van der Waals surface area (Å²) in [5.41, 5.74) is 5.59. The van der Waals surface area contributed by atoms with Gasteiger partial charge in [-0.3, -0.25) is 9.59 Å². The van der Waals surface area contributed by atoms with Gasteiger partial charge in [-0.15, -0.1) is 12.4 Å². The maximum Gasteiger partial charge on any atom is 0.145 e. The molecule has 2 N–H and O–H groups in total. The number of carbonyl (C=O) groups excluding carboxylic acids is 2. The second kappa shape index (κ2) is 40.7. The van der Waals surface area contributed by atoms with E-state index in [-0.39, 0.29) is 30.6 Å². The molecule has 0 radical (unpaired) electrons. The predicted octanol–water partition coefficient (Wildman–Crippen LogP) is 13.1. The zero-order valence-corrected chi connectivity index (χ0v) is 32.1. The Bertz CT molecular complexity index is 569. The average Bonchev–Trinajstić information content (AvgIpc) is 3.04. The van der Waals surface area contributed by atoms with Crippen LogP contribution in [-0.2, 0) is 14.3 Å². The van der Waals surface area contributed by atoms with Crippen molar-refractivity contribution in [3.63, 3.8) is 0 Å². The summed E-state index contributed by atoms with van der Waals surface area (Å²) >= 11 is 0. The molecule has 0 heterocycles. The molecule has 0 aromatic heterocycles. The van der Waals surface area contributed by atoms with E-state index in [2.05, 4.69) is 13.8 Å². The normalized spacial score (nSPS) is 11.3. The van der Waals surface area contributed by atoms with E-state index in [0.717, 1.165) is 32.1 Å². The zero-order valence-electron chi connectivity index (χ0n) is 31.2. The lowest BCUT2D eigenvalue weighted by molar-refractivity contribution is -0.135. The third-order valence-electron chi connectivity index (χ3n) is 9.61. The quantitative estimate of drug-likeness (QED) is 0.0521. The minimum Gasteiger partial charge on any atom is -0.380 e. The minimum atomic E-state index is -0.568. The van der Waals surface area contributed by atoms with Crippen molar-refractivity contribution in [1.29, 1.82) is 0 Å². The largest absolute Gasteiger partial charge is 0.380 e. The van der Waals surface area contributed by atoms with Crippen molar-refractivity contribution in [2.45, 2.75) is 226 Å². The van der Waals surface area contributed by atoms with Crippen LogP contribution in [0, 0.1) is 5.92 Å². The van der Waals surface area contributed by atoms with Crippen molar-refractivity contribution in [2.24, 2.45) is 11.7 Å². The van der Waals surface area contributed by atoms with Crippen LogP contribution in [-0.4, -0.2) is 31.3 Å². The van der Waals surface area contributed by atoms with E-state index in [9.17, 15) is 9.59 Å². The summed E-state index contributed by atoms with van der Waals surface area (Å²) in [6.45, 7) is 5.91. The summed E-state index contributed by atoms with van der Waals surface area (Å²) in [5, 5.41) is 0. The molecule has 0 atom stereocenters. The van der Waals surface area contributed by atoms with Crippen molar-refractivity contribution in [3.05, 3.63) is 0 Å². The lowest BCUT2D eigenvalue weighted by atomic mass is 9.92. The number of halogens is 1. The van der Waals surface area contributed by atoms with E-state index < -0.39 is 5.92 Å². The molecule has 0 bridgehead atoms. The molecule has 0 aliphatic carbocycles. The summed E-state index contributed by atoms with van der Waals surface area (Å²) < 4.78 is 5.71. The van der Waals surface area contributed by atoms with Crippen LogP contribution in [0.5, 0.6) is 0 Å². The van der Waals surface area contributed by atoms with Crippen LogP contribution in [0.25, 0.3) is 0 Å². The first-order chi connectivity index (χ1) is 22.2. The van der Waals surface area contributed by atoms with E-state index in [1.165, 1.54) is 167 Å². The Labute approximate surface area is 294 Å². The van der Waals surface area contributed by atoms with Gasteiger partial charge in [0.05, 0.1) is 12.5 Å². The highest BCUT2D eigenvalue weighted by atomic mass is 35.5. The predicted molar refractivity (Wildman–Crippen MR) is 204 cm³/mol. The van der Waals surface area contributed by atoms with Gasteiger partial charge in [-0.2, -0.15) is 0 Å². The zero-order chi connectivity index (χ0) is 32.9. The fourth-order valence-corrected chi connectivity index (χ4v) is 6.44. The Balaban J connectivity index is 0. The summed E-state index contributed by atoms with van der Waals surface area (Å²) in [6.07, 6.45) is 41.3. The number of Topliss-reactive ketones (excluding diaryl/α,β-unsaturated/α-hetero) is 2. The SMILES string of the molecule is CCCCCCCCCCCCCCCCCC(=O)C(COCCCN)C(=O)CCCCCCCCCCCCCCCCC.Cl. The van der Waals surface area contributed by atoms with Gasteiger partial charge in [0.15, 0.2) is 0 Å². The minimum absolute atomic E-state index is 0. The van der Waals surface area contributed by atoms with Gasteiger partial charge in [-0.25, -0.2) is 0 Å². The Hall–Kier alpha value is -0.450. The van der Waals surface area contributed by atoms with Crippen LogP contribution in [0.1, 0.15) is 226 Å². The molecule has 0 aromatic rings. The highest BCUT2D eigenvalue weighted by molar-refractivity contribution is 6.02. The third-order valence-corrected chi connectivity index (χ3v) is 9.61. The first-order valence-corrected chi connectivity index (χ1v) is 20.5. The number of hydrogen-bond donors (Lipinski definition) is 1. The summed E-state index contributed by atoms with van der Waals surface area (Å²) in [5.74, 6) is -0.368. The first kappa shape index (κ1) is 47.7. The molecule has 0 aliphatic rings. The Morgan fingerprint density at radius 1 is 0.435 bits per heavy atom. The van der Waals surface area contributed by atoms with Crippen molar-refractivity contribution >= 4 is 24.0 Å². The first-order valence-electron chi connectivity index (χ1n) is 20.5. The van der Waals surface area contributed by atoms with Gasteiger partial charge in [0.25, 0.3) is 0 Å². The number of ether oxygens (including phenoxy) is 1. The lowest BCUT2D eigenvalue weighted by Crippen LogP contribution is -2.29. The van der Waals surface area contributed by atoms with Crippen LogP contribution in [0.2, 0.25) is 0 Å². The second-order valence-electron chi connectivity index (χ2n) is 14.1. The smallest absolute Gasteiger partial charge is 0.145 e. The van der Waals surface area contributed by atoms with Crippen LogP contribution in [0.4, 0.5) is 0 Å². The second-order valence-corrected chi connectivity index (χ2v) is 14.1. The van der Waals surface area contributed by atoms with Crippen molar-refractivity contribution < 1.29 is 14.3 Å². The van der Waals surface area contributed by atoms with Crippen LogP contribution in [0.15, 0.2) is 0 Å².